The van der Waals surface area contributed by atoms with E-state index in [9.17, 15) is 4.79 Å². The first kappa shape index (κ1) is 26.3. The third-order valence-electron chi connectivity index (χ3n) is 7.77. The molecule has 0 aliphatic heterocycles. The molecule has 0 heterocycles. The molecule has 0 saturated carbocycles. The highest BCUT2D eigenvalue weighted by Crippen LogP contribution is 2.47. The Morgan fingerprint density at radius 3 is 2.09 bits per heavy atom. The van der Waals surface area contributed by atoms with Gasteiger partial charge in [-0.05, 0) is 89.0 Å². The van der Waals surface area contributed by atoms with Crippen LogP contribution in [0.15, 0.2) is 36.4 Å². The van der Waals surface area contributed by atoms with Gasteiger partial charge in [0.1, 0.15) is 0 Å². The largest absolute Gasteiger partial charge is 0.465 e. The molecular weight excluding hydrogens is 416 g/mol. The van der Waals surface area contributed by atoms with Crippen molar-refractivity contribution in [1.29, 1.82) is 0 Å². The zero-order valence-corrected chi connectivity index (χ0v) is 22.5. The number of benzene rings is 2. The average Bonchev–Trinajstić information content (AvgIpc) is 2.81. The van der Waals surface area contributed by atoms with Gasteiger partial charge in [-0.15, -0.1) is 0 Å². The second kappa shape index (κ2) is 10.9. The Balaban J connectivity index is 2.01. The number of unbranched alkanes of at least 4 members (excludes halogenated alkanes) is 4. The Morgan fingerprint density at radius 1 is 0.912 bits per heavy atom. The standard InChI is InChI=1S/C32H44O2/c1-8-9-10-11-12-13-26-21-28-29(32(5,6)19-18-31(28,3)4)22-27(26)23(2)20-24-14-16-25(17-15-24)30(33)34-7/h14-17,20-22H,8-13,18-19H2,1-7H3/b23-20+. The van der Waals surface area contributed by atoms with Crippen molar-refractivity contribution in [1.82, 2.24) is 0 Å². The van der Waals surface area contributed by atoms with Gasteiger partial charge in [-0.2, -0.15) is 0 Å². The molecule has 34 heavy (non-hydrogen) atoms. The summed E-state index contributed by atoms with van der Waals surface area (Å²) in [6.45, 7) is 14.1. The molecule has 0 spiro atoms. The molecule has 0 radical (unpaired) electrons. The number of aryl methyl sites for hydroxylation is 1. The average molecular weight is 461 g/mol. The summed E-state index contributed by atoms with van der Waals surface area (Å²) in [6, 6.07) is 12.8. The van der Waals surface area contributed by atoms with E-state index in [0.29, 0.717) is 5.56 Å². The van der Waals surface area contributed by atoms with Gasteiger partial charge in [0.05, 0.1) is 12.7 Å². The number of hydrogen-bond acceptors (Lipinski definition) is 2. The Labute approximate surface area is 207 Å². The van der Waals surface area contributed by atoms with Crippen molar-refractivity contribution in [2.24, 2.45) is 0 Å². The Morgan fingerprint density at radius 2 is 1.50 bits per heavy atom. The summed E-state index contributed by atoms with van der Waals surface area (Å²) in [5.74, 6) is -0.294. The summed E-state index contributed by atoms with van der Waals surface area (Å²) < 4.78 is 4.84. The van der Waals surface area contributed by atoms with Crippen molar-refractivity contribution >= 4 is 17.6 Å². The van der Waals surface area contributed by atoms with Crippen LogP contribution in [-0.4, -0.2) is 13.1 Å². The van der Waals surface area contributed by atoms with Crippen LogP contribution < -0.4 is 0 Å². The van der Waals surface area contributed by atoms with Crippen LogP contribution in [0.25, 0.3) is 11.6 Å². The number of methoxy groups -OCH3 is 1. The van der Waals surface area contributed by atoms with Crippen LogP contribution in [0.1, 0.15) is 125 Å². The maximum atomic E-state index is 11.8. The molecule has 0 bridgehead atoms. The summed E-state index contributed by atoms with van der Waals surface area (Å²) >= 11 is 0. The molecule has 1 aliphatic rings. The van der Waals surface area contributed by atoms with E-state index in [0.717, 1.165) is 12.0 Å². The van der Waals surface area contributed by atoms with E-state index in [1.54, 1.807) is 5.56 Å². The first-order valence-electron chi connectivity index (χ1n) is 13.1. The van der Waals surface area contributed by atoms with Gasteiger partial charge in [0.15, 0.2) is 0 Å². The molecule has 0 atom stereocenters. The van der Waals surface area contributed by atoms with Gasteiger partial charge in [-0.1, -0.05) is 90.6 Å². The summed E-state index contributed by atoms with van der Waals surface area (Å²) in [5, 5.41) is 0. The van der Waals surface area contributed by atoms with Gasteiger partial charge in [0.25, 0.3) is 0 Å². The Bertz CT molecular complexity index is 1020. The van der Waals surface area contributed by atoms with Crippen molar-refractivity contribution in [2.75, 3.05) is 7.11 Å². The predicted molar refractivity (Wildman–Crippen MR) is 146 cm³/mol. The van der Waals surface area contributed by atoms with Gasteiger partial charge in [-0.25, -0.2) is 4.79 Å². The van der Waals surface area contributed by atoms with Gasteiger partial charge in [0, 0.05) is 0 Å². The molecule has 0 N–H and O–H groups in total. The summed E-state index contributed by atoms with van der Waals surface area (Å²) in [5.41, 5.74) is 9.34. The fourth-order valence-electron chi connectivity index (χ4n) is 5.31. The second-order valence-electron chi connectivity index (χ2n) is 11.4. The van der Waals surface area contributed by atoms with Crippen LogP contribution in [0.3, 0.4) is 0 Å². The third-order valence-corrected chi connectivity index (χ3v) is 7.77. The molecule has 2 aromatic rings. The zero-order valence-electron chi connectivity index (χ0n) is 22.5. The minimum absolute atomic E-state index is 0.196. The molecular formula is C32H44O2. The minimum atomic E-state index is -0.294. The van der Waals surface area contributed by atoms with Gasteiger partial charge in [0.2, 0.25) is 0 Å². The second-order valence-corrected chi connectivity index (χ2v) is 11.4. The van der Waals surface area contributed by atoms with Crippen LogP contribution >= 0.6 is 0 Å². The number of esters is 1. The molecule has 0 unspecified atom stereocenters. The Kier molecular flexibility index (Phi) is 8.44. The lowest BCUT2D eigenvalue weighted by Crippen LogP contribution is -2.34. The maximum Gasteiger partial charge on any atom is 0.337 e. The minimum Gasteiger partial charge on any atom is -0.465 e. The van der Waals surface area contributed by atoms with E-state index in [1.165, 1.54) is 74.3 Å². The van der Waals surface area contributed by atoms with E-state index >= 15 is 0 Å². The predicted octanol–water partition coefficient (Wildman–Crippen LogP) is 8.90. The van der Waals surface area contributed by atoms with E-state index in [-0.39, 0.29) is 16.8 Å². The van der Waals surface area contributed by atoms with Crippen LogP contribution in [0.2, 0.25) is 0 Å². The molecule has 2 heteroatoms. The normalized spacial score (nSPS) is 16.7. The highest BCUT2D eigenvalue weighted by atomic mass is 16.5. The van der Waals surface area contributed by atoms with Gasteiger partial charge >= 0.3 is 5.97 Å². The Hall–Kier alpha value is -2.35. The number of rotatable bonds is 9. The highest BCUT2D eigenvalue weighted by molar-refractivity contribution is 5.90. The number of hydrogen-bond donors (Lipinski definition) is 0. The molecule has 3 rings (SSSR count). The van der Waals surface area contributed by atoms with Crippen molar-refractivity contribution < 1.29 is 9.53 Å². The van der Waals surface area contributed by atoms with Crippen molar-refractivity contribution in [3.63, 3.8) is 0 Å². The first-order chi connectivity index (χ1) is 16.1. The topological polar surface area (TPSA) is 26.3 Å². The molecule has 0 aromatic heterocycles. The zero-order chi connectivity index (χ0) is 24.9. The maximum absolute atomic E-state index is 11.8. The van der Waals surface area contributed by atoms with Crippen molar-refractivity contribution in [3.8, 4) is 0 Å². The lowest BCUT2D eigenvalue weighted by Gasteiger charge is -2.42. The lowest BCUT2D eigenvalue weighted by molar-refractivity contribution is 0.0600. The van der Waals surface area contributed by atoms with E-state index < -0.39 is 0 Å². The van der Waals surface area contributed by atoms with Crippen LogP contribution in [-0.2, 0) is 22.0 Å². The molecule has 1 aliphatic carbocycles. The smallest absolute Gasteiger partial charge is 0.337 e. The molecule has 0 saturated heterocycles. The summed E-state index contributed by atoms with van der Waals surface area (Å²) in [6.07, 6.45) is 12.3. The van der Waals surface area contributed by atoms with Gasteiger partial charge in [-0.3, -0.25) is 0 Å². The van der Waals surface area contributed by atoms with Crippen molar-refractivity contribution in [2.45, 2.75) is 104 Å². The van der Waals surface area contributed by atoms with E-state index in [4.69, 9.17) is 4.74 Å². The van der Waals surface area contributed by atoms with Crippen LogP contribution in [0.4, 0.5) is 0 Å². The monoisotopic (exact) mass is 460 g/mol. The van der Waals surface area contributed by atoms with E-state index in [1.807, 2.05) is 24.3 Å². The third kappa shape index (κ3) is 6.01. The first-order valence-corrected chi connectivity index (χ1v) is 13.1. The molecule has 2 nitrogen and oxygen atoms in total. The van der Waals surface area contributed by atoms with Gasteiger partial charge < -0.3 is 4.74 Å². The molecule has 0 fully saturated rings. The number of carbonyl (C=O) groups excluding carboxylic acids is 1. The molecule has 0 amide bonds. The number of fused-ring (bicyclic) bond motifs is 1. The fourth-order valence-corrected chi connectivity index (χ4v) is 5.31. The number of ether oxygens (including phenoxy) is 1. The van der Waals surface area contributed by atoms with E-state index in [2.05, 4.69) is 59.8 Å². The fraction of sp³-hybridized carbons (Fsp3) is 0.531. The summed E-state index contributed by atoms with van der Waals surface area (Å²) in [4.78, 5) is 11.8. The summed E-state index contributed by atoms with van der Waals surface area (Å²) in [7, 11) is 1.42. The van der Waals surface area contributed by atoms with Crippen molar-refractivity contribution in [3.05, 3.63) is 69.8 Å². The quantitative estimate of drug-likeness (QED) is 0.212. The number of carbonyl (C=O) groups is 1. The molecule has 184 valence electrons. The van der Waals surface area contributed by atoms with Crippen LogP contribution in [0.5, 0.6) is 0 Å². The lowest BCUT2D eigenvalue weighted by atomic mass is 9.62. The SMILES string of the molecule is CCCCCCCc1cc2c(cc1/C(C)=C/c1ccc(C(=O)OC)cc1)C(C)(C)CCC2(C)C. The molecule has 2 aromatic carbocycles. The van der Waals surface area contributed by atoms with Crippen LogP contribution in [0, 0.1) is 0 Å². The number of allylic oxidation sites excluding steroid dienone is 1. The highest BCUT2D eigenvalue weighted by Gasteiger charge is 2.37.